The Hall–Kier alpha value is -1.73. The molecule has 1 aliphatic heterocycles. The number of benzene rings is 2. The second-order valence-corrected chi connectivity index (χ2v) is 8.40. The van der Waals surface area contributed by atoms with Crippen LogP contribution in [-0.2, 0) is 5.54 Å². The molecular weight excluding hydrogens is 397 g/mol. The molecule has 1 atom stereocenters. The number of halogens is 1. The van der Waals surface area contributed by atoms with E-state index in [4.69, 9.17) is 5.73 Å². The van der Waals surface area contributed by atoms with Gasteiger partial charge in [-0.3, -0.25) is 9.79 Å². The SMILES string of the molecule is Bc1cc(NC(=O)c2ccc(Br)cc2)cc(C2(C)CCSC(N)=N2)c1. The number of carbonyl (C=O) groups excluding carboxylic acids is 1. The molecule has 1 aliphatic rings. The number of nitrogens with zero attached hydrogens (tertiary/aromatic N) is 1. The number of carbonyl (C=O) groups is 1. The van der Waals surface area contributed by atoms with Gasteiger partial charge in [0.05, 0.1) is 5.54 Å². The molecule has 0 saturated carbocycles. The zero-order valence-electron chi connectivity index (χ0n) is 14.2. The van der Waals surface area contributed by atoms with Gasteiger partial charge in [-0.1, -0.05) is 39.2 Å². The van der Waals surface area contributed by atoms with Gasteiger partial charge in [-0.05, 0) is 55.3 Å². The third-order valence-electron chi connectivity index (χ3n) is 4.26. The number of thioether (sulfide) groups is 1. The van der Waals surface area contributed by atoms with Crippen LogP contribution >= 0.6 is 27.7 Å². The van der Waals surface area contributed by atoms with E-state index >= 15 is 0 Å². The van der Waals surface area contributed by atoms with E-state index in [0.29, 0.717) is 10.7 Å². The Morgan fingerprint density at radius 1 is 1.32 bits per heavy atom. The first-order chi connectivity index (χ1) is 11.9. The van der Waals surface area contributed by atoms with Crippen molar-refractivity contribution in [1.29, 1.82) is 0 Å². The van der Waals surface area contributed by atoms with Crippen LogP contribution in [-0.4, -0.2) is 24.7 Å². The molecule has 0 saturated heterocycles. The zero-order chi connectivity index (χ0) is 18.0. The number of amidine groups is 1. The van der Waals surface area contributed by atoms with Crippen LogP contribution in [0.5, 0.6) is 0 Å². The molecule has 0 radical (unpaired) electrons. The van der Waals surface area contributed by atoms with E-state index in [2.05, 4.69) is 39.2 Å². The molecule has 0 aliphatic carbocycles. The van der Waals surface area contributed by atoms with Crippen LogP contribution in [0.4, 0.5) is 5.69 Å². The average Bonchev–Trinajstić information content (AvgIpc) is 2.54. The van der Waals surface area contributed by atoms with Gasteiger partial charge in [0.1, 0.15) is 7.85 Å². The molecule has 2 aromatic rings. The minimum Gasteiger partial charge on any atom is -0.379 e. The van der Waals surface area contributed by atoms with Crippen LogP contribution in [0.15, 0.2) is 51.9 Å². The number of rotatable bonds is 3. The smallest absolute Gasteiger partial charge is 0.255 e. The topological polar surface area (TPSA) is 67.5 Å². The second-order valence-electron chi connectivity index (χ2n) is 6.37. The lowest BCUT2D eigenvalue weighted by Crippen LogP contribution is -2.30. The average molecular weight is 416 g/mol. The summed E-state index contributed by atoms with van der Waals surface area (Å²) in [6.07, 6.45) is 0.919. The fraction of sp³-hybridized carbons (Fsp3) is 0.222. The first kappa shape index (κ1) is 18.1. The molecule has 3 N–H and O–H groups in total. The summed E-state index contributed by atoms with van der Waals surface area (Å²) in [7, 11) is 2.02. The van der Waals surface area contributed by atoms with Crippen LogP contribution in [0.1, 0.15) is 29.3 Å². The van der Waals surface area contributed by atoms with Gasteiger partial charge in [0, 0.05) is 21.5 Å². The Bertz CT molecular complexity index is 841. The molecule has 128 valence electrons. The number of anilines is 1. The van der Waals surface area contributed by atoms with Crippen molar-refractivity contribution in [1.82, 2.24) is 0 Å². The van der Waals surface area contributed by atoms with E-state index in [1.165, 1.54) is 0 Å². The molecule has 0 spiro atoms. The van der Waals surface area contributed by atoms with Crippen LogP contribution < -0.4 is 16.5 Å². The number of hydrogen-bond donors (Lipinski definition) is 2. The first-order valence-corrected chi connectivity index (χ1v) is 9.81. The molecule has 0 bridgehead atoms. The van der Waals surface area contributed by atoms with E-state index in [0.717, 1.165) is 33.4 Å². The van der Waals surface area contributed by atoms with Crippen molar-refractivity contribution >= 4 is 57.8 Å². The van der Waals surface area contributed by atoms with Gasteiger partial charge in [0.15, 0.2) is 5.17 Å². The fourth-order valence-corrected chi connectivity index (χ4v) is 4.10. The van der Waals surface area contributed by atoms with E-state index in [1.807, 2.05) is 32.1 Å². The standard InChI is InChI=1S/C18H19BBrN3OS/c1-18(6-7-25-17(21)23-18)12-8-13(19)10-15(9-12)22-16(24)11-2-4-14(20)5-3-11/h2-5,8-10H,6-7,19H2,1H3,(H2,21,23)(H,22,24). The van der Waals surface area contributed by atoms with Crippen molar-refractivity contribution in [3.63, 3.8) is 0 Å². The first-order valence-electron chi connectivity index (χ1n) is 8.03. The van der Waals surface area contributed by atoms with Crippen molar-refractivity contribution in [3.8, 4) is 0 Å². The third-order valence-corrected chi connectivity index (χ3v) is 5.58. The van der Waals surface area contributed by atoms with Gasteiger partial charge in [0.2, 0.25) is 0 Å². The Labute approximate surface area is 161 Å². The summed E-state index contributed by atoms with van der Waals surface area (Å²) in [6, 6.07) is 13.4. The minimum atomic E-state index is -0.349. The van der Waals surface area contributed by atoms with Crippen molar-refractivity contribution < 1.29 is 4.79 Å². The fourth-order valence-electron chi connectivity index (χ4n) is 2.87. The number of amides is 1. The second kappa shape index (κ2) is 7.26. The number of hydrogen-bond acceptors (Lipinski definition) is 4. The van der Waals surface area contributed by atoms with Gasteiger partial charge < -0.3 is 11.1 Å². The maximum atomic E-state index is 12.5. The van der Waals surface area contributed by atoms with Gasteiger partial charge in [-0.2, -0.15) is 0 Å². The minimum absolute atomic E-state index is 0.128. The maximum absolute atomic E-state index is 12.5. The predicted octanol–water partition coefficient (Wildman–Crippen LogP) is 2.63. The van der Waals surface area contributed by atoms with Crippen LogP contribution in [0.2, 0.25) is 0 Å². The summed E-state index contributed by atoms with van der Waals surface area (Å²) in [6.45, 7) is 2.09. The van der Waals surface area contributed by atoms with E-state index in [-0.39, 0.29) is 11.4 Å². The quantitative estimate of drug-likeness (QED) is 0.757. The lowest BCUT2D eigenvalue weighted by Gasteiger charge is -2.30. The lowest BCUT2D eigenvalue weighted by molar-refractivity contribution is 0.102. The van der Waals surface area contributed by atoms with Gasteiger partial charge in [-0.15, -0.1) is 0 Å². The Morgan fingerprint density at radius 3 is 2.72 bits per heavy atom. The molecule has 1 unspecified atom stereocenters. The number of nitrogens with one attached hydrogen (secondary N) is 1. The summed E-state index contributed by atoms with van der Waals surface area (Å²) >= 11 is 4.97. The molecule has 1 amide bonds. The molecule has 0 fully saturated rings. The van der Waals surface area contributed by atoms with E-state index in [9.17, 15) is 4.79 Å². The summed E-state index contributed by atoms with van der Waals surface area (Å²) in [4.78, 5) is 17.1. The third kappa shape index (κ3) is 4.28. The van der Waals surface area contributed by atoms with Crippen LogP contribution in [0.25, 0.3) is 0 Å². The van der Waals surface area contributed by atoms with Crippen molar-refractivity contribution in [2.24, 2.45) is 10.7 Å². The molecule has 25 heavy (non-hydrogen) atoms. The monoisotopic (exact) mass is 415 g/mol. The van der Waals surface area contributed by atoms with Gasteiger partial charge >= 0.3 is 0 Å². The number of nitrogens with two attached hydrogens (primary N) is 1. The zero-order valence-corrected chi connectivity index (χ0v) is 16.6. The van der Waals surface area contributed by atoms with Gasteiger partial charge in [0.25, 0.3) is 5.91 Å². The highest BCUT2D eigenvalue weighted by Gasteiger charge is 2.29. The molecule has 7 heteroatoms. The summed E-state index contributed by atoms with van der Waals surface area (Å²) in [5.74, 6) is 0.816. The van der Waals surface area contributed by atoms with Crippen LogP contribution in [0.3, 0.4) is 0 Å². The Kier molecular flexibility index (Phi) is 5.25. The Balaban J connectivity index is 1.88. The molecule has 4 nitrogen and oxygen atoms in total. The summed E-state index contributed by atoms with van der Waals surface area (Å²) in [5.41, 5.74) is 9.13. The highest BCUT2D eigenvalue weighted by atomic mass is 79.9. The maximum Gasteiger partial charge on any atom is 0.255 e. The summed E-state index contributed by atoms with van der Waals surface area (Å²) < 4.78 is 0.945. The van der Waals surface area contributed by atoms with Gasteiger partial charge in [-0.25, -0.2) is 0 Å². The van der Waals surface area contributed by atoms with Crippen molar-refractivity contribution in [2.75, 3.05) is 11.1 Å². The molecule has 1 heterocycles. The molecule has 2 aromatic carbocycles. The van der Waals surface area contributed by atoms with E-state index in [1.54, 1.807) is 23.9 Å². The van der Waals surface area contributed by atoms with Crippen molar-refractivity contribution in [2.45, 2.75) is 18.9 Å². The van der Waals surface area contributed by atoms with Crippen molar-refractivity contribution in [3.05, 3.63) is 58.1 Å². The molecule has 3 rings (SSSR count). The largest absolute Gasteiger partial charge is 0.379 e. The highest BCUT2D eigenvalue weighted by molar-refractivity contribution is 9.10. The highest BCUT2D eigenvalue weighted by Crippen LogP contribution is 2.35. The normalized spacial score (nSPS) is 20.0. The van der Waals surface area contributed by atoms with Crippen LogP contribution in [0, 0.1) is 0 Å². The Morgan fingerprint density at radius 2 is 2.04 bits per heavy atom. The lowest BCUT2D eigenvalue weighted by atomic mass is 9.84. The molecule has 0 aromatic heterocycles. The molecular formula is C18H19BBrN3OS. The predicted molar refractivity (Wildman–Crippen MR) is 113 cm³/mol. The van der Waals surface area contributed by atoms with E-state index < -0.39 is 0 Å². The summed E-state index contributed by atoms with van der Waals surface area (Å²) in [5, 5.41) is 3.61. The number of aliphatic imine (C=N–C) groups is 1.